The number of para-hydroxylation sites is 1. The number of rotatable bonds is 2. The van der Waals surface area contributed by atoms with Crippen molar-refractivity contribution in [3.8, 4) is 0 Å². The van der Waals surface area contributed by atoms with Gasteiger partial charge in [0.1, 0.15) is 0 Å². The number of benzene rings is 1. The number of nitrogens with zero attached hydrogens (tertiary/aromatic N) is 2. The first-order valence-corrected chi connectivity index (χ1v) is 5.63. The Balaban J connectivity index is 1.87. The Morgan fingerprint density at radius 1 is 1.11 bits per heavy atom. The molecule has 1 amide bonds. The molecule has 0 spiro atoms. The molecule has 2 aromatic heterocycles. The smallest absolute Gasteiger partial charge is 0.255 e. The van der Waals surface area contributed by atoms with Crippen LogP contribution in [0.4, 0.5) is 5.69 Å². The Hall–Kier alpha value is -2.62. The molecule has 88 valence electrons. The molecule has 0 saturated carbocycles. The summed E-state index contributed by atoms with van der Waals surface area (Å²) < 4.78 is 1.72. The van der Waals surface area contributed by atoms with Gasteiger partial charge in [0, 0.05) is 23.6 Å². The highest BCUT2D eigenvalue weighted by molar-refractivity contribution is 6.04. The van der Waals surface area contributed by atoms with Gasteiger partial charge in [-0.2, -0.15) is 5.10 Å². The molecule has 1 N–H and O–H groups in total. The standard InChI is InChI=1S/C14H11N3O/c18-14(16-12-4-2-1-3-5-12)11-7-9-17-13(10-11)6-8-15-17/h1-10H,(H,16,18). The van der Waals surface area contributed by atoms with E-state index >= 15 is 0 Å². The van der Waals surface area contributed by atoms with Crippen molar-refractivity contribution in [3.63, 3.8) is 0 Å². The second-order valence-electron chi connectivity index (χ2n) is 3.94. The predicted octanol–water partition coefficient (Wildman–Crippen LogP) is 2.59. The third-order valence-corrected chi connectivity index (χ3v) is 2.69. The van der Waals surface area contributed by atoms with Gasteiger partial charge < -0.3 is 5.32 Å². The van der Waals surface area contributed by atoms with Crippen molar-refractivity contribution in [1.82, 2.24) is 9.61 Å². The van der Waals surface area contributed by atoms with E-state index in [9.17, 15) is 4.79 Å². The number of carbonyl (C=O) groups is 1. The van der Waals surface area contributed by atoms with Gasteiger partial charge in [0.25, 0.3) is 5.91 Å². The number of hydrogen-bond acceptors (Lipinski definition) is 2. The van der Waals surface area contributed by atoms with Crippen molar-refractivity contribution in [2.24, 2.45) is 0 Å². The molecule has 2 heterocycles. The fourth-order valence-electron chi connectivity index (χ4n) is 1.79. The molecule has 0 aliphatic carbocycles. The van der Waals surface area contributed by atoms with Crippen LogP contribution in [0, 0.1) is 0 Å². The maximum absolute atomic E-state index is 12.0. The van der Waals surface area contributed by atoms with E-state index in [1.807, 2.05) is 42.5 Å². The largest absolute Gasteiger partial charge is 0.322 e. The second-order valence-corrected chi connectivity index (χ2v) is 3.94. The first kappa shape index (κ1) is 10.5. The number of nitrogens with one attached hydrogen (secondary N) is 1. The van der Waals surface area contributed by atoms with E-state index in [0.29, 0.717) is 5.56 Å². The van der Waals surface area contributed by atoms with Crippen LogP contribution in [0.25, 0.3) is 5.52 Å². The number of aromatic nitrogens is 2. The zero-order valence-corrected chi connectivity index (χ0v) is 9.58. The minimum Gasteiger partial charge on any atom is -0.322 e. The molecule has 0 fully saturated rings. The lowest BCUT2D eigenvalue weighted by Gasteiger charge is -2.05. The fraction of sp³-hybridized carbons (Fsp3) is 0. The van der Waals surface area contributed by atoms with E-state index in [1.54, 1.807) is 23.0 Å². The van der Waals surface area contributed by atoms with Gasteiger partial charge in [0.15, 0.2) is 0 Å². The quantitative estimate of drug-likeness (QED) is 0.744. The zero-order valence-electron chi connectivity index (χ0n) is 9.58. The lowest BCUT2D eigenvalue weighted by atomic mass is 10.2. The molecule has 4 nitrogen and oxygen atoms in total. The fourth-order valence-corrected chi connectivity index (χ4v) is 1.79. The molecule has 3 aromatic rings. The molecule has 0 atom stereocenters. The van der Waals surface area contributed by atoms with Gasteiger partial charge in [-0.1, -0.05) is 18.2 Å². The average molecular weight is 237 g/mol. The first-order chi connectivity index (χ1) is 8.83. The van der Waals surface area contributed by atoms with Crippen molar-refractivity contribution in [2.45, 2.75) is 0 Å². The summed E-state index contributed by atoms with van der Waals surface area (Å²) in [6.07, 6.45) is 3.48. The average Bonchev–Trinajstić information content (AvgIpc) is 2.87. The Morgan fingerprint density at radius 2 is 1.94 bits per heavy atom. The molecule has 0 bridgehead atoms. The lowest BCUT2D eigenvalue weighted by molar-refractivity contribution is 0.102. The highest BCUT2D eigenvalue weighted by atomic mass is 16.1. The van der Waals surface area contributed by atoms with Crippen LogP contribution >= 0.6 is 0 Å². The predicted molar refractivity (Wildman–Crippen MR) is 69.6 cm³/mol. The van der Waals surface area contributed by atoms with E-state index in [4.69, 9.17) is 0 Å². The molecule has 1 aromatic carbocycles. The van der Waals surface area contributed by atoms with E-state index in [0.717, 1.165) is 11.2 Å². The topological polar surface area (TPSA) is 46.4 Å². The summed E-state index contributed by atoms with van der Waals surface area (Å²) in [5.74, 6) is -0.120. The van der Waals surface area contributed by atoms with Gasteiger partial charge in [-0.25, -0.2) is 4.52 Å². The normalized spacial score (nSPS) is 10.4. The van der Waals surface area contributed by atoms with Gasteiger partial charge in [-0.15, -0.1) is 0 Å². The van der Waals surface area contributed by atoms with Crippen LogP contribution in [-0.2, 0) is 0 Å². The minimum absolute atomic E-state index is 0.120. The summed E-state index contributed by atoms with van der Waals surface area (Å²) in [6, 6.07) is 14.8. The Kier molecular flexibility index (Phi) is 2.53. The lowest BCUT2D eigenvalue weighted by Crippen LogP contribution is -2.12. The molecular formula is C14H11N3O. The summed E-state index contributed by atoms with van der Waals surface area (Å²) in [6.45, 7) is 0. The maximum atomic E-state index is 12.0. The number of fused-ring (bicyclic) bond motifs is 1. The van der Waals surface area contributed by atoms with E-state index < -0.39 is 0 Å². The summed E-state index contributed by atoms with van der Waals surface area (Å²) in [5.41, 5.74) is 2.30. The third-order valence-electron chi connectivity index (χ3n) is 2.69. The molecule has 0 saturated heterocycles. The van der Waals surface area contributed by atoms with Crippen molar-refractivity contribution >= 4 is 17.1 Å². The first-order valence-electron chi connectivity index (χ1n) is 5.63. The summed E-state index contributed by atoms with van der Waals surface area (Å²) in [4.78, 5) is 12.0. The maximum Gasteiger partial charge on any atom is 0.255 e. The van der Waals surface area contributed by atoms with Gasteiger partial charge in [0.2, 0.25) is 0 Å². The second kappa shape index (κ2) is 4.33. The van der Waals surface area contributed by atoms with Crippen LogP contribution < -0.4 is 5.32 Å². The zero-order chi connectivity index (χ0) is 12.4. The Labute approximate surface area is 104 Å². The van der Waals surface area contributed by atoms with E-state index in [1.165, 1.54) is 0 Å². The van der Waals surface area contributed by atoms with Crippen molar-refractivity contribution in [1.29, 1.82) is 0 Å². The molecule has 3 rings (SSSR count). The van der Waals surface area contributed by atoms with Crippen LogP contribution in [0.15, 0.2) is 60.9 Å². The SMILES string of the molecule is O=C(Nc1ccccc1)c1ccn2nccc2c1. The van der Waals surface area contributed by atoms with Gasteiger partial charge in [0.05, 0.1) is 5.52 Å². The van der Waals surface area contributed by atoms with Crippen LogP contribution in [-0.4, -0.2) is 15.5 Å². The molecule has 0 unspecified atom stereocenters. The van der Waals surface area contributed by atoms with Crippen molar-refractivity contribution in [2.75, 3.05) is 5.32 Å². The van der Waals surface area contributed by atoms with Crippen molar-refractivity contribution < 1.29 is 4.79 Å². The number of hydrogen-bond donors (Lipinski definition) is 1. The number of carbonyl (C=O) groups excluding carboxylic acids is 1. The monoisotopic (exact) mass is 237 g/mol. The number of pyridine rings is 1. The molecule has 4 heteroatoms. The third kappa shape index (κ3) is 1.96. The van der Waals surface area contributed by atoms with Crippen LogP contribution in [0.5, 0.6) is 0 Å². The number of anilines is 1. The van der Waals surface area contributed by atoms with Crippen LogP contribution in [0.1, 0.15) is 10.4 Å². The van der Waals surface area contributed by atoms with E-state index in [2.05, 4.69) is 10.4 Å². The van der Waals surface area contributed by atoms with Gasteiger partial charge >= 0.3 is 0 Å². The summed E-state index contributed by atoms with van der Waals surface area (Å²) in [7, 11) is 0. The molecule has 0 aliphatic rings. The highest BCUT2D eigenvalue weighted by Crippen LogP contribution is 2.10. The Bertz CT molecular complexity index is 688. The molecular weight excluding hydrogens is 226 g/mol. The minimum atomic E-state index is -0.120. The van der Waals surface area contributed by atoms with Crippen LogP contribution in [0.3, 0.4) is 0 Å². The Morgan fingerprint density at radius 3 is 2.78 bits per heavy atom. The highest BCUT2D eigenvalue weighted by Gasteiger charge is 2.06. The number of amides is 1. The molecule has 0 aliphatic heterocycles. The van der Waals surface area contributed by atoms with Crippen molar-refractivity contribution in [3.05, 3.63) is 66.5 Å². The van der Waals surface area contributed by atoms with E-state index in [-0.39, 0.29) is 5.91 Å². The van der Waals surface area contributed by atoms with Gasteiger partial charge in [-0.05, 0) is 30.3 Å². The van der Waals surface area contributed by atoms with Gasteiger partial charge in [-0.3, -0.25) is 4.79 Å². The molecule has 0 radical (unpaired) electrons. The molecule has 18 heavy (non-hydrogen) atoms. The summed E-state index contributed by atoms with van der Waals surface area (Å²) >= 11 is 0. The van der Waals surface area contributed by atoms with Crippen LogP contribution in [0.2, 0.25) is 0 Å². The summed E-state index contributed by atoms with van der Waals surface area (Å²) in [5, 5.41) is 6.93.